The lowest BCUT2D eigenvalue weighted by Gasteiger charge is -2.24. The van der Waals surface area contributed by atoms with Crippen molar-refractivity contribution < 1.29 is 14.4 Å². The van der Waals surface area contributed by atoms with E-state index >= 15 is 0 Å². The first kappa shape index (κ1) is 15.3. The molecule has 2 fully saturated rings. The van der Waals surface area contributed by atoms with Crippen LogP contribution in [0.5, 0.6) is 0 Å². The van der Waals surface area contributed by atoms with Crippen molar-refractivity contribution in [2.75, 3.05) is 24.6 Å². The largest absolute Gasteiger partial charge is 0.371 e. The van der Waals surface area contributed by atoms with Crippen molar-refractivity contribution >= 4 is 11.6 Å². The van der Waals surface area contributed by atoms with Gasteiger partial charge in [0.1, 0.15) is 0 Å². The molecule has 1 aromatic carbocycles. The second-order valence-electron chi connectivity index (χ2n) is 6.06. The van der Waals surface area contributed by atoms with Gasteiger partial charge in [0.15, 0.2) is 6.29 Å². The first-order chi connectivity index (χ1) is 10.7. The van der Waals surface area contributed by atoms with Gasteiger partial charge in [0.25, 0.3) is 5.91 Å². The third-order valence-electron chi connectivity index (χ3n) is 4.26. The van der Waals surface area contributed by atoms with Gasteiger partial charge in [0.2, 0.25) is 0 Å². The molecule has 1 atom stereocenters. The summed E-state index contributed by atoms with van der Waals surface area (Å²) in [7, 11) is 0. The van der Waals surface area contributed by atoms with Gasteiger partial charge in [0.05, 0.1) is 5.56 Å². The molecular formula is C17H24N2O3. The average molecular weight is 304 g/mol. The Morgan fingerprint density at radius 2 is 2.09 bits per heavy atom. The summed E-state index contributed by atoms with van der Waals surface area (Å²) in [5.74, 6) is -0.195. The number of carbonyl (C=O) groups excluding carboxylic acids is 1. The number of hydroxylamine groups is 1. The number of nitrogens with zero attached hydrogens (tertiary/aromatic N) is 1. The molecule has 0 aromatic heterocycles. The lowest BCUT2D eigenvalue weighted by atomic mass is 10.1. The number of amides is 1. The Morgan fingerprint density at radius 1 is 1.27 bits per heavy atom. The Kier molecular flexibility index (Phi) is 4.95. The molecule has 2 heterocycles. The molecule has 5 heteroatoms. The molecule has 0 unspecified atom stereocenters. The molecule has 0 bridgehead atoms. The Labute approximate surface area is 131 Å². The Hall–Kier alpha value is -1.59. The van der Waals surface area contributed by atoms with Crippen LogP contribution in [0.1, 0.15) is 48.0 Å². The summed E-state index contributed by atoms with van der Waals surface area (Å²) in [5, 5.41) is 0. The van der Waals surface area contributed by atoms with Gasteiger partial charge in [-0.2, -0.15) is 0 Å². The summed E-state index contributed by atoms with van der Waals surface area (Å²) in [5.41, 5.74) is 5.31. The standard InChI is InChI=1S/C17H24N2O3/c1-13-7-8-15(19-9-3-4-10-19)14(12-13)17(20)18-22-16-6-2-5-11-21-16/h7-8,12,16H,2-6,9-11H2,1H3,(H,18,20)/t16-/m1/s1. The molecule has 3 rings (SSSR count). The SMILES string of the molecule is Cc1ccc(N2CCCC2)c(C(=O)NO[C@@H]2CCCCO2)c1. The number of hydrogen-bond acceptors (Lipinski definition) is 4. The quantitative estimate of drug-likeness (QED) is 0.869. The average Bonchev–Trinajstić information content (AvgIpc) is 3.08. The van der Waals surface area contributed by atoms with E-state index < -0.39 is 0 Å². The van der Waals surface area contributed by atoms with Gasteiger partial charge < -0.3 is 9.64 Å². The highest BCUT2D eigenvalue weighted by Gasteiger charge is 2.21. The highest BCUT2D eigenvalue weighted by Crippen LogP contribution is 2.26. The van der Waals surface area contributed by atoms with E-state index in [2.05, 4.69) is 16.4 Å². The number of nitrogens with one attached hydrogen (secondary N) is 1. The Morgan fingerprint density at radius 3 is 2.82 bits per heavy atom. The van der Waals surface area contributed by atoms with Gasteiger partial charge in [-0.3, -0.25) is 4.79 Å². The first-order valence-corrected chi connectivity index (χ1v) is 8.17. The van der Waals surface area contributed by atoms with E-state index in [1.165, 1.54) is 12.8 Å². The van der Waals surface area contributed by atoms with Crippen molar-refractivity contribution in [1.82, 2.24) is 5.48 Å². The van der Waals surface area contributed by atoms with Crippen LogP contribution >= 0.6 is 0 Å². The number of carbonyl (C=O) groups is 1. The zero-order valence-electron chi connectivity index (χ0n) is 13.1. The molecular weight excluding hydrogens is 280 g/mol. The zero-order valence-corrected chi connectivity index (χ0v) is 13.1. The normalized spacial score (nSPS) is 21.9. The fraction of sp³-hybridized carbons (Fsp3) is 0.588. The number of benzene rings is 1. The van der Waals surface area contributed by atoms with E-state index in [0.717, 1.165) is 43.6 Å². The van der Waals surface area contributed by atoms with Crippen molar-refractivity contribution in [3.63, 3.8) is 0 Å². The molecule has 1 N–H and O–H groups in total. The van der Waals surface area contributed by atoms with Crippen LogP contribution in [0.3, 0.4) is 0 Å². The molecule has 0 aliphatic carbocycles. The molecule has 2 aliphatic heterocycles. The summed E-state index contributed by atoms with van der Waals surface area (Å²) in [4.78, 5) is 20.2. The molecule has 0 saturated carbocycles. The van der Waals surface area contributed by atoms with Gasteiger partial charge >= 0.3 is 0 Å². The summed E-state index contributed by atoms with van der Waals surface area (Å²) in [6, 6.07) is 6.01. The minimum Gasteiger partial charge on any atom is -0.371 e. The minimum atomic E-state index is -0.322. The maximum absolute atomic E-state index is 12.5. The van der Waals surface area contributed by atoms with Crippen molar-refractivity contribution in [2.24, 2.45) is 0 Å². The van der Waals surface area contributed by atoms with Crippen LogP contribution in [0.2, 0.25) is 0 Å². The van der Waals surface area contributed by atoms with E-state index in [-0.39, 0.29) is 12.2 Å². The van der Waals surface area contributed by atoms with Crippen molar-refractivity contribution in [3.05, 3.63) is 29.3 Å². The van der Waals surface area contributed by atoms with E-state index in [9.17, 15) is 4.79 Å². The predicted octanol–water partition coefficient (Wildman–Crippen LogP) is 2.78. The summed E-state index contributed by atoms with van der Waals surface area (Å²) in [6.07, 6.45) is 5.00. The van der Waals surface area contributed by atoms with Gasteiger partial charge in [-0.1, -0.05) is 11.6 Å². The highest BCUT2D eigenvalue weighted by atomic mass is 16.8. The summed E-state index contributed by atoms with van der Waals surface area (Å²) >= 11 is 0. The van der Waals surface area contributed by atoms with Crippen LogP contribution in [0.15, 0.2) is 18.2 Å². The molecule has 0 radical (unpaired) electrons. The lowest BCUT2D eigenvalue weighted by Crippen LogP contribution is -2.34. The molecule has 2 aliphatic rings. The summed E-state index contributed by atoms with van der Waals surface area (Å²) < 4.78 is 5.47. The zero-order chi connectivity index (χ0) is 15.4. The van der Waals surface area contributed by atoms with Gasteiger partial charge in [-0.05, 0) is 44.7 Å². The molecule has 5 nitrogen and oxygen atoms in total. The number of ether oxygens (including phenoxy) is 1. The monoisotopic (exact) mass is 304 g/mol. The maximum atomic E-state index is 12.5. The third kappa shape index (κ3) is 3.59. The van der Waals surface area contributed by atoms with Crippen LogP contribution in [0, 0.1) is 6.92 Å². The molecule has 1 aromatic rings. The molecule has 2 saturated heterocycles. The number of aryl methyl sites for hydroxylation is 1. The van der Waals surface area contributed by atoms with Crippen LogP contribution in [0.25, 0.3) is 0 Å². The molecule has 22 heavy (non-hydrogen) atoms. The number of anilines is 1. The van der Waals surface area contributed by atoms with E-state index in [4.69, 9.17) is 9.57 Å². The van der Waals surface area contributed by atoms with Crippen LogP contribution in [-0.4, -0.2) is 31.9 Å². The third-order valence-corrected chi connectivity index (χ3v) is 4.26. The van der Waals surface area contributed by atoms with Gasteiger partial charge in [-0.25, -0.2) is 10.3 Å². The van der Waals surface area contributed by atoms with E-state index in [0.29, 0.717) is 12.2 Å². The molecule has 120 valence electrons. The minimum absolute atomic E-state index is 0.195. The second-order valence-corrected chi connectivity index (χ2v) is 6.06. The van der Waals surface area contributed by atoms with Crippen molar-refractivity contribution in [2.45, 2.75) is 45.3 Å². The van der Waals surface area contributed by atoms with Crippen molar-refractivity contribution in [3.8, 4) is 0 Å². The maximum Gasteiger partial charge on any atom is 0.277 e. The van der Waals surface area contributed by atoms with Crippen LogP contribution in [0.4, 0.5) is 5.69 Å². The first-order valence-electron chi connectivity index (χ1n) is 8.17. The van der Waals surface area contributed by atoms with E-state index in [1.807, 2.05) is 19.1 Å². The lowest BCUT2D eigenvalue weighted by molar-refractivity contribution is -0.186. The Balaban J connectivity index is 1.68. The fourth-order valence-corrected chi connectivity index (χ4v) is 3.04. The van der Waals surface area contributed by atoms with Gasteiger partial charge in [0, 0.05) is 31.8 Å². The Bertz CT molecular complexity index is 521. The topological polar surface area (TPSA) is 50.8 Å². The second kappa shape index (κ2) is 7.11. The number of hydrogen-bond donors (Lipinski definition) is 1. The van der Waals surface area contributed by atoms with Crippen molar-refractivity contribution in [1.29, 1.82) is 0 Å². The van der Waals surface area contributed by atoms with Crippen LogP contribution < -0.4 is 10.4 Å². The fourth-order valence-electron chi connectivity index (χ4n) is 3.04. The predicted molar refractivity (Wildman–Crippen MR) is 84.8 cm³/mol. The smallest absolute Gasteiger partial charge is 0.277 e. The number of rotatable bonds is 4. The highest BCUT2D eigenvalue weighted by molar-refractivity contribution is 5.99. The summed E-state index contributed by atoms with van der Waals surface area (Å²) in [6.45, 7) is 4.71. The van der Waals surface area contributed by atoms with Crippen LogP contribution in [-0.2, 0) is 9.57 Å². The molecule has 1 amide bonds. The van der Waals surface area contributed by atoms with E-state index in [1.54, 1.807) is 0 Å². The molecule has 0 spiro atoms. The van der Waals surface area contributed by atoms with Gasteiger partial charge in [-0.15, -0.1) is 0 Å².